The van der Waals surface area contributed by atoms with Crippen molar-refractivity contribution < 1.29 is 4.74 Å². The summed E-state index contributed by atoms with van der Waals surface area (Å²) in [6.07, 6.45) is 0. The molecule has 0 saturated carbocycles. The molecule has 0 radical (unpaired) electrons. The van der Waals surface area contributed by atoms with E-state index in [1.165, 1.54) is 0 Å². The lowest BCUT2D eigenvalue weighted by Crippen LogP contribution is -1.93. The quantitative estimate of drug-likeness (QED) is 0.898. The molecule has 17 heavy (non-hydrogen) atoms. The average molecular weight is 292 g/mol. The van der Waals surface area contributed by atoms with E-state index in [9.17, 15) is 0 Å². The molecule has 2 rings (SSSR count). The number of anilines is 2. The van der Waals surface area contributed by atoms with Crippen molar-refractivity contribution in [1.82, 2.24) is 0 Å². The number of aryl methyl sites for hydroxylation is 1. The van der Waals surface area contributed by atoms with Crippen molar-refractivity contribution in [2.24, 2.45) is 0 Å². The van der Waals surface area contributed by atoms with Gasteiger partial charge in [0.15, 0.2) is 0 Å². The van der Waals surface area contributed by atoms with Gasteiger partial charge in [-0.2, -0.15) is 0 Å². The van der Waals surface area contributed by atoms with E-state index in [-0.39, 0.29) is 0 Å². The number of nitrogens with one attached hydrogen (secondary N) is 1. The summed E-state index contributed by atoms with van der Waals surface area (Å²) in [6.45, 7) is 2.06. The largest absolute Gasteiger partial charge is 0.497 e. The standard InChI is InChI=1S/C14H14BrNO/c1-10-9-13(17-2)7-8-14(10)16-12-5-3-11(15)4-6-12/h3-9,16H,1-2H3. The molecular weight excluding hydrogens is 278 g/mol. The van der Waals surface area contributed by atoms with Gasteiger partial charge >= 0.3 is 0 Å². The zero-order chi connectivity index (χ0) is 12.3. The normalized spacial score (nSPS) is 10.1. The molecule has 2 nitrogen and oxygen atoms in total. The van der Waals surface area contributed by atoms with Gasteiger partial charge in [-0.05, 0) is 55.0 Å². The van der Waals surface area contributed by atoms with Crippen LogP contribution in [0.25, 0.3) is 0 Å². The average Bonchev–Trinajstić information content (AvgIpc) is 2.34. The summed E-state index contributed by atoms with van der Waals surface area (Å²) in [6, 6.07) is 14.1. The number of benzene rings is 2. The molecule has 3 heteroatoms. The van der Waals surface area contributed by atoms with Gasteiger partial charge in [0, 0.05) is 15.8 Å². The predicted molar refractivity (Wildman–Crippen MR) is 75.2 cm³/mol. The molecule has 0 fully saturated rings. The highest BCUT2D eigenvalue weighted by molar-refractivity contribution is 9.10. The van der Waals surface area contributed by atoms with Gasteiger partial charge in [0.05, 0.1) is 7.11 Å². The Bertz CT molecular complexity index is 508. The van der Waals surface area contributed by atoms with Crippen LogP contribution in [0, 0.1) is 6.92 Å². The van der Waals surface area contributed by atoms with Crippen LogP contribution in [0.4, 0.5) is 11.4 Å². The number of halogens is 1. The Morgan fingerprint density at radius 1 is 1.06 bits per heavy atom. The molecule has 0 aromatic heterocycles. The first-order valence-electron chi connectivity index (χ1n) is 5.36. The Morgan fingerprint density at radius 2 is 1.76 bits per heavy atom. The second-order valence-electron chi connectivity index (χ2n) is 3.81. The fourth-order valence-corrected chi connectivity index (χ4v) is 1.86. The zero-order valence-corrected chi connectivity index (χ0v) is 11.4. The van der Waals surface area contributed by atoms with E-state index in [2.05, 4.69) is 28.2 Å². The predicted octanol–water partition coefficient (Wildman–Crippen LogP) is 4.51. The lowest BCUT2D eigenvalue weighted by Gasteiger charge is -2.11. The van der Waals surface area contributed by atoms with Crippen molar-refractivity contribution in [3.8, 4) is 5.75 Å². The van der Waals surface area contributed by atoms with Crippen LogP contribution >= 0.6 is 15.9 Å². The molecule has 0 bridgehead atoms. The van der Waals surface area contributed by atoms with Crippen LogP contribution < -0.4 is 10.1 Å². The van der Waals surface area contributed by atoms with Gasteiger partial charge in [-0.3, -0.25) is 0 Å². The first-order valence-corrected chi connectivity index (χ1v) is 6.15. The maximum absolute atomic E-state index is 5.18. The fraction of sp³-hybridized carbons (Fsp3) is 0.143. The van der Waals surface area contributed by atoms with E-state index in [1.807, 2.05) is 42.5 Å². The number of ether oxygens (including phenoxy) is 1. The van der Waals surface area contributed by atoms with Gasteiger partial charge in [-0.25, -0.2) is 0 Å². The molecule has 0 atom stereocenters. The van der Waals surface area contributed by atoms with Crippen LogP contribution in [0.15, 0.2) is 46.9 Å². The van der Waals surface area contributed by atoms with Crippen molar-refractivity contribution in [3.05, 3.63) is 52.5 Å². The first-order chi connectivity index (χ1) is 8.19. The monoisotopic (exact) mass is 291 g/mol. The Labute approximate surface area is 110 Å². The minimum Gasteiger partial charge on any atom is -0.497 e. The zero-order valence-electron chi connectivity index (χ0n) is 9.83. The molecule has 0 unspecified atom stereocenters. The van der Waals surface area contributed by atoms with E-state index >= 15 is 0 Å². The van der Waals surface area contributed by atoms with Gasteiger partial charge in [-0.1, -0.05) is 15.9 Å². The maximum Gasteiger partial charge on any atom is 0.119 e. The Kier molecular flexibility index (Phi) is 3.69. The van der Waals surface area contributed by atoms with Crippen molar-refractivity contribution >= 4 is 27.3 Å². The minimum absolute atomic E-state index is 0.879. The fourth-order valence-electron chi connectivity index (χ4n) is 1.59. The highest BCUT2D eigenvalue weighted by atomic mass is 79.9. The van der Waals surface area contributed by atoms with Crippen molar-refractivity contribution in [2.45, 2.75) is 6.92 Å². The second-order valence-corrected chi connectivity index (χ2v) is 4.73. The molecule has 2 aromatic carbocycles. The van der Waals surface area contributed by atoms with E-state index in [4.69, 9.17) is 4.74 Å². The van der Waals surface area contributed by atoms with Crippen molar-refractivity contribution in [1.29, 1.82) is 0 Å². The molecule has 1 N–H and O–H groups in total. The van der Waals surface area contributed by atoms with E-state index in [1.54, 1.807) is 7.11 Å². The number of rotatable bonds is 3. The lowest BCUT2D eigenvalue weighted by molar-refractivity contribution is 0.414. The Hall–Kier alpha value is -1.48. The SMILES string of the molecule is COc1ccc(Nc2ccc(Br)cc2)c(C)c1. The molecule has 88 valence electrons. The van der Waals surface area contributed by atoms with Gasteiger partial charge in [0.25, 0.3) is 0 Å². The Morgan fingerprint density at radius 3 is 2.35 bits per heavy atom. The molecule has 0 aliphatic rings. The van der Waals surface area contributed by atoms with Gasteiger partial charge in [0.2, 0.25) is 0 Å². The summed E-state index contributed by atoms with van der Waals surface area (Å²) in [5.41, 5.74) is 3.32. The highest BCUT2D eigenvalue weighted by Gasteiger charge is 2.00. The highest BCUT2D eigenvalue weighted by Crippen LogP contribution is 2.25. The van der Waals surface area contributed by atoms with Crippen molar-refractivity contribution in [3.63, 3.8) is 0 Å². The van der Waals surface area contributed by atoms with E-state index in [0.29, 0.717) is 0 Å². The molecule has 0 spiro atoms. The van der Waals surface area contributed by atoms with Crippen LogP contribution in [0.3, 0.4) is 0 Å². The maximum atomic E-state index is 5.18. The molecule has 0 aliphatic heterocycles. The topological polar surface area (TPSA) is 21.3 Å². The summed E-state index contributed by atoms with van der Waals surface area (Å²) in [5.74, 6) is 0.879. The van der Waals surface area contributed by atoms with Gasteiger partial charge in [-0.15, -0.1) is 0 Å². The minimum atomic E-state index is 0.879. The van der Waals surface area contributed by atoms with Crippen LogP contribution in [0.1, 0.15) is 5.56 Å². The number of hydrogen-bond donors (Lipinski definition) is 1. The molecule has 0 amide bonds. The molecular formula is C14H14BrNO. The van der Waals surface area contributed by atoms with Gasteiger partial charge in [0.1, 0.15) is 5.75 Å². The third-order valence-electron chi connectivity index (χ3n) is 2.56. The summed E-state index contributed by atoms with van der Waals surface area (Å²) in [7, 11) is 1.68. The van der Waals surface area contributed by atoms with Crippen LogP contribution in [0.2, 0.25) is 0 Å². The third-order valence-corrected chi connectivity index (χ3v) is 3.09. The summed E-state index contributed by atoms with van der Waals surface area (Å²) in [5, 5.41) is 3.37. The van der Waals surface area contributed by atoms with Crippen LogP contribution in [0.5, 0.6) is 5.75 Å². The van der Waals surface area contributed by atoms with Crippen LogP contribution in [-0.4, -0.2) is 7.11 Å². The smallest absolute Gasteiger partial charge is 0.119 e. The third kappa shape index (κ3) is 3.01. The number of hydrogen-bond acceptors (Lipinski definition) is 2. The van der Waals surface area contributed by atoms with E-state index in [0.717, 1.165) is 27.2 Å². The summed E-state index contributed by atoms with van der Waals surface area (Å²) in [4.78, 5) is 0. The molecule has 2 aromatic rings. The summed E-state index contributed by atoms with van der Waals surface area (Å²) >= 11 is 3.42. The lowest BCUT2D eigenvalue weighted by atomic mass is 10.2. The van der Waals surface area contributed by atoms with E-state index < -0.39 is 0 Å². The van der Waals surface area contributed by atoms with Crippen molar-refractivity contribution in [2.75, 3.05) is 12.4 Å². The first kappa shape index (κ1) is 12.0. The molecule has 0 aliphatic carbocycles. The molecule has 0 saturated heterocycles. The number of methoxy groups -OCH3 is 1. The molecule has 0 heterocycles. The van der Waals surface area contributed by atoms with Gasteiger partial charge < -0.3 is 10.1 Å². The second kappa shape index (κ2) is 5.23. The summed E-state index contributed by atoms with van der Waals surface area (Å²) < 4.78 is 6.26. The Balaban J connectivity index is 2.21. The van der Waals surface area contributed by atoms with Crippen LogP contribution in [-0.2, 0) is 0 Å².